The van der Waals surface area contributed by atoms with Crippen LogP contribution in [0.3, 0.4) is 0 Å². The van der Waals surface area contributed by atoms with Crippen molar-refractivity contribution in [1.29, 1.82) is 0 Å². The lowest BCUT2D eigenvalue weighted by atomic mass is 10.2. The van der Waals surface area contributed by atoms with Crippen LogP contribution in [-0.4, -0.2) is 63.5 Å². The summed E-state index contributed by atoms with van der Waals surface area (Å²) in [7, 11) is -2.21. The van der Waals surface area contributed by atoms with Crippen molar-refractivity contribution in [3.8, 4) is 0 Å². The number of hydrogen-bond donors (Lipinski definition) is 1. The summed E-state index contributed by atoms with van der Waals surface area (Å²) in [5.74, 6) is -1.11. The van der Waals surface area contributed by atoms with Crippen LogP contribution in [0.2, 0.25) is 0 Å². The SMILES string of the molecule is Cc1cc(S(=O)(=O)C(C)(C)C)ccc1NC(N1C2C(=O)N(C)C(=O)[N+]21c1ccccc1F)C(Br)(Br)CCl. The fourth-order valence-corrected chi connectivity index (χ4v) is 6.64. The zero-order valence-corrected chi connectivity index (χ0v) is 25.5. The highest BCUT2D eigenvalue weighted by Gasteiger charge is 2.86. The molecular weight excluding hydrogens is 655 g/mol. The number of aryl methyl sites for hydroxylation is 1. The Balaban J connectivity index is 1.80. The van der Waals surface area contributed by atoms with Gasteiger partial charge in [0.25, 0.3) is 0 Å². The van der Waals surface area contributed by atoms with Crippen molar-refractivity contribution >= 4 is 76.6 Å². The Morgan fingerprint density at radius 2 is 1.78 bits per heavy atom. The van der Waals surface area contributed by atoms with Crippen molar-refractivity contribution in [3.05, 3.63) is 53.8 Å². The number of sulfone groups is 1. The first-order valence-corrected chi connectivity index (χ1v) is 14.9. The van der Waals surface area contributed by atoms with E-state index in [-0.39, 0.29) is 16.5 Å². The molecule has 8 nitrogen and oxygen atoms in total. The second-order valence-electron chi connectivity index (χ2n) is 10.1. The molecule has 2 aromatic carbocycles. The molecule has 2 aromatic rings. The van der Waals surface area contributed by atoms with Crippen LogP contribution in [0.4, 0.5) is 20.6 Å². The summed E-state index contributed by atoms with van der Waals surface area (Å²) in [5, 5.41) is 4.86. The van der Waals surface area contributed by atoms with E-state index >= 15 is 4.39 Å². The van der Waals surface area contributed by atoms with Crippen molar-refractivity contribution in [2.75, 3.05) is 18.2 Å². The standard InChI is InChI=1S/C24H27Br2ClFN4O4S/c1-14-12-15(37(35,36)23(2,3)4)10-11-17(14)29-21(24(25,26)13-27)31-19-20(33)30(5)22(34)32(19,31)18-9-7-6-8-16(18)28/h6-12,19,21,29H,13H2,1-5H3/q+1. The van der Waals surface area contributed by atoms with Crippen LogP contribution in [0.1, 0.15) is 26.3 Å². The van der Waals surface area contributed by atoms with E-state index in [9.17, 15) is 18.0 Å². The Morgan fingerprint density at radius 3 is 2.32 bits per heavy atom. The van der Waals surface area contributed by atoms with Crippen molar-refractivity contribution in [2.24, 2.45) is 0 Å². The lowest BCUT2D eigenvalue weighted by molar-refractivity contribution is -0.126. The van der Waals surface area contributed by atoms with Crippen LogP contribution >= 0.6 is 43.5 Å². The Labute approximate surface area is 237 Å². The first kappa shape index (κ1) is 28.4. The quantitative estimate of drug-likeness (QED) is 0.184. The Hall–Kier alpha value is -1.57. The topological polar surface area (TPSA) is 86.6 Å². The number of nitrogens with one attached hydrogen (secondary N) is 1. The number of rotatable bonds is 7. The summed E-state index contributed by atoms with van der Waals surface area (Å²) in [5.41, 5.74) is 1.21. The van der Waals surface area contributed by atoms with Crippen LogP contribution in [-0.2, 0) is 14.6 Å². The second-order valence-corrected chi connectivity index (χ2v) is 17.0. The lowest BCUT2D eigenvalue weighted by Gasteiger charge is -2.32. The zero-order chi connectivity index (χ0) is 27.7. The minimum Gasteiger partial charge on any atom is -0.363 e. The minimum absolute atomic E-state index is 0.00108. The number of nitrogens with zero attached hydrogens (tertiary/aromatic N) is 3. The van der Waals surface area contributed by atoms with Gasteiger partial charge in [0.15, 0.2) is 27.5 Å². The number of alkyl halides is 3. The summed E-state index contributed by atoms with van der Waals surface area (Å²) in [6.07, 6.45) is -1.86. The number of para-hydroxylation sites is 1. The molecule has 2 aliphatic heterocycles. The first-order chi connectivity index (χ1) is 17.0. The normalized spacial score (nSPS) is 24.7. The van der Waals surface area contributed by atoms with E-state index in [2.05, 4.69) is 37.2 Å². The maximum Gasteiger partial charge on any atom is 0.452 e. The van der Waals surface area contributed by atoms with Gasteiger partial charge in [-0.15, -0.1) is 11.6 Å². The predicted octanol–water partition coefficient (Wildman–Crippen LogP) is 5.33. The molecule has 2 saturated heterocycles. The average Bonchev–Trinajstić information content (AvgIpc) is 3.45. The number of likely N-dealkylation sites (N-methyl/N-ethyl adjacent to an activating group) is 1. The van der Waals surface area contributed by atoms with E-state index in [4.69, 9.17) is 11.6 Å². The maximum atomic E-state index is 15.0. The third-order valence-corrected chi connectivity index (χ3v) is 11.7. The van der Waals surface area contributed by atoms with Crippen molar-refractivity contribution in [2.45, 2.75) is 52.9 Å². The van der Waals surface area contributed by atoms with Crippen LogP contribution in [0.15, 0.2) is 47.4 Å². The molecule has 1 N–H and O–H groups in total. The molecular formula is C24H27Br2ClFN4O4S+. The van der Waals surface area contributed by atoms with Crippen molar-refractivity contribution < 1.29 is 22.4 Å². The monoisotopic (exact) mass is 679 g/mol. The number of hydrogen-bond acceptors (Lipinski definition) is 6. The number of benzene rings is 2. The van der Waals surface area contributed by atoms with E-state index in [1.54, 1.807) is 50.9 Å². The molecule has 0 aromatic heterocycles. The summed E-state index contributed by atoms with van der Waals surface area (Å²) in [4.78, 5) is 27.7. The summed E-state index contributed by atoms with van der Waals surface area (Å²) < 4.78 is 38.2. The van der Waals surface area contributed by atoms with Crippen LogP contribution < -0.4 is 9.91 Å². The third-order valence-electron chi connectivity index (χ3n) is 6.71. The van der Waals surface area contributed by atoms with Gasteiger partial charge >= 0.3 is 18.1 Å². The predicted molar refractivity (Wildman–Crippen MR) is 149 cm³/mol. The molecule has 200 valence electrons. The Kier molecular flexibility index (Phi) is 7.12. The number of amides is 3. The smallest absolute Gasteiger partial charge is 0.363 e. The van der Waals surface area contributed by atoms with Crippen molar-refractivity contribution in [3.63, 3.8) is 0 Å². The molecule has 0 bridgehead atoms. The average molecular weight is 682 g/mol. The first-order valence-electron chi connectivity index (χ1n) is 11.3. The molecule has 0 saturated carbocycles. The van der Waals surface area contributed by atoms with Gasteiger partial charge < -0.3 is 5.32 Å². The fraction of sp³-hybridized carbons (Fsp3) is 0.417. The molecule has 0 radical (unpaired) electrons. The van der Waals surface area contributed by atoms with Gasteiger partial charge in [0, 0.05) is 18.8 Å². The van der Waals surface area contributed by atoms with E-state index in [1.165, 1.54) is 31.3 Å². The van der Waals surface area contributed by atoms with Gasteiger partial charge in [-0.25, -0.2) is 22.5 Å². The highest BCUT2D eigenvalue weighted by atomic mass is 79.9. The highest BCUT2D eigenvalue weighted by Crippen LogP contribution is 2.55. The van der Waals surface area contributed by atoms with E-state index in [0.29, 0.717) is 11.3 Å². The minimum atomic E-state index is -3.58. The number of urea groups is 1. The van der Waals surface area contributed by atoms with Gasteiger partial charge in [0.2, 0.25) is 0 Å². The van der Waals surface area contributed by atoms with E-state index in [0.717, 1.165) is 4.90 Å². The van der Waals surface area contributed by atoms with Gasteiger partial charge in [0.05, 0.1) is 15.5 Å². The van der Waals surface area contributed by atoms with Gasteiger partial charge in [-0.1, -0.05) is 48.6 Å². The van der Waals surface area contributed by atoms with Crippen LogP contribution in [0.25, 0.3) is 0 Å². The molecule has 4 unspecified atom stereocenters. The number of fused-ring (bicyclic) bond motifs is 1. The van der Waals surface area contributed by atoms with Gasteiger partial charge in [0.1, 0.15) is 3.23 Å². The number of carbonyl (C=O) groups excluding carboxylic acids is 2. The zero-order valence-electron chi connectivity index (χ0n) is 20.8. The molecule has 4 rings (SSSR count). The third kappa shape index (κ3) is 4.24. The molecule has 3 amide bonds. The van der Waals surface area contributed by atoms with Crippen LogP contribution in [0, 0.1) is 12.7 Å². The van der Waals surface area contributed by atoms with Gasteiger partial charge in [-0.2, -0.15) is 0 Å². The molecule has 13 heteroatoms. The molecule has 0 spiro atoms. The van der Waals surface area contributed by atoms with E-state index < -0.39 is 52.5 Å². The number of imide groups is 1. The number of halogens is 4. The number of anilines is 1. The molecule has 2 fully saturated rings. The molecule has 0 aliphatic carbocycles. The molecule has 4 atom stereocenters. The Bertz CT molecular complexity index is 1400. The Morgan fingerprint density at radius 1 is 1.16 bits per heavy atom. The maximum absolute atomic E-state index is 15.0. The second kappa shape index (κ2) is 9.27. The fourth-order valence-electron chi connectivity index (χ4n) is 4.56. The van der Waals surface area contributed by atoms with E-state index in [1.807, 2.05) is 0 Å². The largest absolute Gasteiger partial charge is 0.452 e. The number of quaternary nitrogens is 1. The molecule has 37 heavy (non-hydrogen) atoms. The summed E-state index contributed by atoms with van der Waals surface area (Å²) in [6.45, 7) is 6.65. The molecule has 2 aliphatic rings. The van der Waals surface area contributed by atoms with Gasteiger partial charge in [-0.05, 0) is 62.5 Å². The van der Waals surface area contributed by atoms with Gasteiger partial charge in [-0.3, -0.25) is 4.79 Å². The lowest BCUT2D eigenvalue weighted by Crippen LogP contribution is -2.55. The van der Waals surface area contributed by atoms with Crippen molar-refractivity contribution in [1.82, 2.24) is 14.5 Å². The summed E-state index contributed by atoms with van der Waals surface area (Å²) in [6, 6.07) is 9.94. The van der Waals surface area contributed by atoms with Crippen LogP contribution in [0.5, 0.6) is 0 Å². The summed E-state index contributed by atoms with van der Waals surface area (Å²) >= 11 is 13.4. The highest BCUT2D eigenvalue weighted by molar-refractivity contribution is 9.25. The molecule has 2 heterocycles. The number of carbonyl (C=O) groups is 2.